The second-order valence-electron chi connectivity index (χ2n) is 6.06. The molecule has 0 aromatic heterocycles. The second kappa shape index (κ2) is 12.4. The Balaban J connectivity index is 0.000000240. The smallest absolute Gasteiger partial charge is 0.0230 e. The van der Waals surface area contributed by atoms with Crippen LogP contribution in [0.2, 0.25) is 0 Å². The second-order valence-corrected chi connectivity index (χ2v) is 6.06. The Labute approximate surface area is 148 Å². The van der Waals surface area contributed by atoms with Crippen molar-refractivity contribution in [2.45, 2.75) is 52.4 Å². The van der Waals surface area contributed by atoms with Gasteiger partial charge in [0, 0.05) is 0 Å². The van der Waals surface area contributed by atoms with Crippen molar-refractivity contribution in [3.8, 4) is 0 Å². The molecular weight excluding hydrogens is 288 g/mol. The van der Waals surface area contributed by atoms with Crippen molar-refractivity contribution in [2.75, 3.05) is 0 Å². The summed E-state index contributed by atoms with van der Waals surface area (Å²) < 4.78 is 0. The summed E-state index contributed by atoms with van der Waals surface area (Å²) in [6.45, 7) is 12.0. The van der Waals surface area contributed by atoms with Crippen molar-refractivity contribution in [2.24, 2.45) is 0 Å². The zero-order valence-corrected chi connectivity index (χ0v) is 15.4. The van der Waals surface area contributed by atoms with Crippen LogP contribution in [0.4, 0.5) is 0 Å². The van der Waals surface area contributed by atoms with Gasteiger partial charge in [0.1, 0.15) is 0 Å². The molecule has 0 heterocycles. The van der Waals surface area contributed by atoms with Crippen molar-refractivity contribution in [3.63, 3.8) is 0 Å². The summed E-state index contributed by atoms with van der Waals surface area (Å²) in [6.07, 6.45) is 11.3. The molecule has 0 aliphatic rings. The fourth-order valence-corrected chi connectivity index (χ4v) is 2.53. The predicted molar refractivity (Wildman–Crippen MR) is 110 cm³/mol. The number of benzene rings is 2. The molecule has 0 fully saturated rings. The normalized spacial score (nSPS) is 9.75. The number of rotatable bonds is 8. The fourth-order valence-electron chi connectivity index (χ4n) is 2.53. The Hall–Kier alpha value is -2.08. The Morgan fingerprint density at radius 3 is 1.96 bits per heavy atom. The third kappa shape index (κ3) is 7.46. The quantitative estimate of drug-likeness (QED) is 0.477. The minimum Gasteiger partial charge on any atom is -0.0985 e. The summed E-state index contributed by atoms with van der Waals surface area (Å²) in [5.41, 5.74) is 5.35. The van der Waals surface area contributed by atoms with Crippen molar-refractivity contribution in [1.82, 2.24) is 0 Å². The van der Waals surface area contributed by atoms with Crippen molar-refractivity contribution in [1.29, 1.82) is 0 Å². The molecule has 0 nitrogen and oxygen atoms in total. The molecule has 2 aromatic carbocycles. The maximum atomic E-state index is 3.80. The van der Waals surface area contributed by atoms with Crippen LogP contribution in [-0.2, 0) is 12.8 Å². The fraction of sp³-hybridized carbons (Fsp3) is 0.333. The van der Waals surface area contributed by atoms with Crippen LogP contribution < -0.4 is 0 Å². The lowest BCUT2D eigenvalue weighted by Gasteiger charge is -2.03. The van der Waals surface area contributed by atoms with Gasteiger partial charge in [0.15, 0.2) is 0 Å². The van der Waals surface area contributed by atoms with Gasteiger partial charge in [0.05, 0.1) is 0 Å². The van der Waals surface area contributed by atoms with E-state index in [4.69, 9.17) is 0 Å². The van der Waals surface area contributed by atoms with E-state index in [-0.39, 0.29) is 0 Å². The molecule has 0 unspecified atom stereocenters. The Bertz CT molecular complexity index is 590. The highest BCUT2D eigenvalue weighted by atomic mass is 14.0. The lowest BCUT2D eigenvalue weighted by atomic mass is 10.0. The van der Waals surface area contributed by atoms with Crippen LogP contribution in [0.3, 0.4) is 0 Å². The van der Waals surface area contributed by atoms with Gasteiger partial charge in [0.25, 0.3) is 0 Å². The molecule has 0 atom stereocenters. The van der Waals surface area contributed by atoms with E-state index in [0.29, 0.717) is 0 Å². The zero-order chi connectivity index (χ0) is 17.6. The van der Waals surface area contributed by atoms with E-state index in [1.165, 1.54) is 60.8 Å². The van der Waals surface area contributed by atoms with Crippen LogP contribution in [0.5, 0.6) is 0 Å². The summed E-state index contributed by atoms with van der Waals surface area (Å²) in [5.74, 6) is 0. The van der Waals surface area contributed by atoms with Gasteiger partial charge in [-0.05, 0) is 47.9 Å². The van der Waals surface area contributed by atoms with Gasteiger partial charge in [0.2, 0.25) is 0 Å². The van der Waals surface area contributed by atoms with Gasteiger partial charge in [-0.3, -0.25) is 0 Å². The zero-order valence-electron chi connectivity index (χ0n) is 15.4. The maximum Gasteiger partial charge on any atom is -0.0230 e. The average molecular weight is 321 g/mol. The van der Waals surface area contributed by atoms with E-state index in [2.05, 4.69) is 75.5 Å². The summed E-state index contributed by atoms with van der Waals surface area (Å²) in [4.78, 5) is 0. The first-order valence-corrected chi connectivity index (χ1v) is 9.16. The van der Waals surface area contributed by atoms with Crippen LogP contribution in [0.1, 0.15) is 61.8 Å². The van der Waals surface area contributed by atoms with Crippen LogP contribution in [0.15, 0.2) is 61.7 Å². The Morgan fingerprint density at radius 1 is 0.750 bits per heavy atom. The van der Waals surface area contributed by atoms with Gasteiger partial charge in [-0.1, -0.05) is 101 Å². The molecule has 0 radical (unpaired) electrons. The molecule has 24 heavy (non-hydrogen) atoms. The molecule has 0 saturated carbocycles. The van der Waals surface area contributed by atoms with Crippen molar-refractivity contribution < 1.29 is 0 Å². The molecule has 0 spiro atoms. The van der Waals surface area contributed by atoms with Gasteiger partial charge < -0.3 is 0 Å². The molecule has 0 amide bonds. The molecule has 2 aromatic rings. The maximum absolute atomic E-state index is 3.80. The first-order chi connectivity index (χ1) is 11.7. The molecule has 0 aliphatic carbocycles. The number of aryl methyl sites for hydroxylation is 2. The molecule has 0 N–H and O–H groups in total. The monoisotopic (exact) mass is 320 g/mol. The average Bonchev–Trinajstić information content (AvgIpc) is 2.65. The van der Waals surface area contributed by atoms with Gasteiger partial charge in [-0.15, -0.1) is 0 Å². The third-order valence-electron chi connectivity index (χ3n) is 4.11. The standard InChI is InChI=1S/2C12H16/c1-3-5-8-12-10-7-6-9-11(12)4-2;1-3-5-6-12-9-7-11(4-2)8-10-12/h4,6-7,9-10H,2-3,5,8H2,1H3;4,7-10H,2-3,5-6H2,1H3. The minimum atomic E-state index is 1.18. The Kier molecular flexibility index (Phi) is 10.3. The minimum absolute atomic E-state index is 1.18. The number of unbranched alkanes of at least 4 members (excludes halogenated alkanes) is 2. The number of hydrogen-bond acceptors (Lipinski definition) is 0. The van der Waals surface area contributed by atoms with Crippen LogP contribution in [-0.4, -0.2) is 0 Å². The van der Waals surface area contributed by atoms with E-state index in [1.807, 2.05) is 12.2 Å². The molecule has 2 rings (SSSR count). The SMILES string of the molecule is C=Cc1ccc(CCCC)cc1.C=Cc1ccccc1CCCC. The van der Waals surface area contributed by atoms with E-state index in [9.17, 15) is 0 Å². The molecule has 0 bridgehead atoms. The summed E-state index contributed by atoms with van der Waals surface area (Å²) in [5, 5.41) is 0. The van der Waals surface area contributed by atoms with Crippen LogP contribution in [0, 0.1) is 0 Å². The van der Waals surface area contributed by atoms with Crippen molar-refractivity contribution >= 4 is 12.2 Å². The van der Waals surface area contributed by atoms with Crippen molar-refractivity contribution in [3.05, 3.63) is 83.9 Å². The summed E-state index contributed by atoms with van der Waals surface area (Å²) in [7, 11) is 0. The molecular formula is C24H32. The molecule has 0 saturated heterocycles. The van der Waals surface area contributed by atoms with Gasteiger partial charge >= 0.3 is 0 Å². The molecule has 0 aliphatic heterocycles. The first-order valence-electron chi connectivity index (χ1n) is 9.16. The van der Waals surface area contributed by atoms with Crippen LogP contribution in [0.25, 0.3) is 12.2 Å². The Morgan fingerprint density at radius 2 is 1.38 bits per heavy atom. The third-order valence-corrected chi connectivity index (χ3v) is 4.11. The van der Waals surface area contributed by atoms with Crippen LogP contribution >= 0.6 is 0 Å². The number of hydrogen-bond donors (Lipinski definition) is 0. The molecule has 128 valence electrons. The first kappa shape index (κ1) is 20.0. The van der Waals surface area contributed by atoms with E-state index in [0.717, 1.165) is 0 Å². The van der Waals surface area contributed by atoms with Gasteiger partial charge in [-0.25, -0.2) is 0 Å². The highest BCUT2D eigenvalue weighted by Gasteiger charge is 1.96. The predicted octanol–water partition coefficient (Wildman–Crippen LogP) is 7.34. The lowest BCUT2D eigenvalue weighted by Crippen LogP contribution is -1.87. The lowest BCUT2D eigenvalue weighted by molar-refractivity contribution is 0.794. The van der Waals surface area contributed by atoms with E-state index >= 15 is 0 Å². The highest BCUT2D eigenvalue weighted by molar-refractivity contribution is 5.51. The van der Waals surface area contributed by atoms with E-state index in [1.54, 1.807) is 0 Å². The molecule has 0 heteroatoms. The largest absolute Gasteiger partial charge is 0.0985 e. The van der Waals surface area contributed by atoms with Gasteiger partial charge in [-0.2, -0.15) is 0 Å². The topological polar surface area (TPSA) is 0 Å². The summed E-state index contributed by atoms with van der Waals surface area (Å²) >= 11 is 0. The van der Waals surface area contributed by atoms with E-state index < -0.39 is 0 Å². The highest BCUT2D eigenvalue weighted by Crippen LogP contribution is 2.12. The summed E-state index contributed by atoms with van der Waals surface area (Å²) in [6, 6.07) is 17.1.